The first-order chi connectivity index (χ1) is 5.77. The summed E-state index contributed by atoms with van der Waals surface area (Å²) in [6, 6.07) is 0. The number of carbonyl (C=O) groups excluding carboxylic acids is 1. The molecule has 0 aliphatic rings. The predicted octanol–water partition coefficient (Wildman–Crippen LogP) is -0.118. The van der Waals surface area contributed by atoms with Crippen LogP contribution in [-0.2, 0) is 9.59 Å². The second-order valence-electron chi connectivity index (χ2n) is 2.39. The molecule has 12 heavy (non-hydrogen) atoms. The molecule has 1 amide bonds. The molecule has 0 saturated carbocycles. The maximum atomic E-state index is 10.1. The SMILES string of the molecule is O=CNNCCCCCC(=O)O. The zero-order valence-electron chi connectivity index (χ0n) is 6.88. The van der Waals surface area contributed by atoms with Crippen LogP contribution >= 0.6 is 0 Å². The van der Waals surface area contributed by atoms with E-state index in [2.05, 4.69) is 10.9 Å². The number of hydrazine groups is 1. The van der Waals surface area contributed by atoms with Crippen LogP contribution in [0.2, 0.25) is 0 Å². The van der Waals surface area contributed by atoms with Crippen LogP contribution in [0, 0.1) is 0 Å². The molecule has 0 aromatic rings. The van der Waals surface area contributed by atoms with Crippen molar-refractivity contribution >= 4 is 12.4 Å². The number of carboxylic acids is 1. The van der Waals surface area contributed by atoms with Crippen molar-refractivity contribution in [2.75, 3.05) is 6.54 Å². The predicted molar refractivity (Wildman–Crippen MR) is 43.3 cm³/mol. The maximum absolute atomic E-state index is 10.1. The van der Waals surface area contributed by atoms with Gasteiger partial charge in [0.2, 0.25) is 6.41 Å². The van der Waals surface area contributed by atoms with E-state index in [1.165, 1.54) is 0 Å². The maximum Gasteiger partial charge on any atom is 0.303 e. The number of unbranched alkanes of at least 4 members (excludes halogenated alkanes) is 2. The topological polar surface area (TPSA) is 78.4 Å². The number of hydrogen-bond donors (Lipinski definition) is 3. The number of hydrogen-bond acceptors (Lipinski definition) is 3. The summed E-state index contributed by atoms with van der Waals surface area (Å²) in [6.45, 7) is 0.679. The largest absolute Gasteiger partial charge is 0.481 e. The van der Waals surface area contributed by atoms with Gasteiger partial charge in [-0.25, -0.2) is 5.43 Å². The Morgan fingerprint density at radius 2 is 2.08 bits per heavy atom. The van der Waals surface area contributed by atoms with Crippen LogP contribution in [0.25, 0.3) is 0 Å². The molecule has 0 spiro atoms. The first-order valence-corrected chi connectivity index (χ1v) is 3.91. The quantitative estimate of drug-likeness (QED) is 0.272. The molecular weight excluding hydrogens is 160 g/mol. The molecule has 0 bridgehead atoms. The Hall–Kier alpha value is -1.10. The molecule has 0 aromatic carbocycles. The summed E-state index contributed by atoms with van der Waals surface area (Å²) in [4.78, 5) is 19.8. The van der Waals surface area contributed by atoms with Gasteiger partial charge >= 0.3 is 5.97 Å². The number of nitrogens with one attached hydrogen (secondary N) is 2. The highest BCUT2D eigenvalue weighted by Crippen LogP contribution is 1.97. The third-order valence-electron chi connectivity index (χ3n) is 1.35. The fourth-order valence-electron chi connectivity index (χ4n) is 0.780. The second kappa shape index (κ2) is 8.00. The van der Waals surface area contributed by atoms with Gasteiger partial charge in [-0.15, -0.1) is 0 Å². The van der Waals surface area contributed by atoms with Gasteiger partial charge < -0.3 is 5.11 Å². The highest BCUT2D eigenvalue weighted by atomic mass is 16.4. The highest BCUT2D eigenvalue weighted by molar-refractivity contribution is 5.66. The van der Waals surface area contributed by atoms with E-state index in [1.54, 1.807) is 0 Å². The van der Waals surface area contributed by atoms with Crippen molar-refractivity contribution in [3.05, 3.63) is 0 Å². The molecule has 0 aliphatic carbocycles. The lowest BCUT2D eigenvalue weighted by molar-refractivity contribution is -0.137. The van der Waals surface area contributed by atoms with Crippen molar-refractivity contribution in [2.45, 2.75) is 25.7 Å². The molecule has 70 valence electrons. The van der Waals surface area contributed by atoms with Crippen molar-refractivity contribution in [1.29, 1.82) is 0 Å². The minimum atomic E-state index is -0.756. The Morgan fingerprint density at radius 1 is 1.33 bits per heavy atom. The van der Waals surface area contributed by atoms with Gasteiger partial charge in [0.25, 0.3) is 0 Å². The minimum absolute atomic E-state index is 0.223. The molecule has 0 unspecified atom stereocenters. The van der Waals surface area contributed by atoms with Crippen LogP contribution in [0.15, 0.2) is 0 Å². The van der Waals surface area contributed by atoms with Crippen LogP contribution in [0.5, 0.6) is 0 Å². The Balaban J connectivity index is 2.90. The summed E-state index contributed by atoms with van der Waals surface area (Å²) in [5, 5.41) is 8.28. The van der Waals surface area contributed by atoms with Gasteiger partial charge in [0, 0.05) is 13.0 Å². The van der Waals surface area contributed by atoms with Crippen molar-refractivity contribution in [3.63, 3.8) is 0 Å². The molecule has 0 fully saturated rings. The molecule has 3 N–H and O–H groups in total. The molecule has 0 saturated heterocycles. The number of aliphatic carboxylic acids is 1. The molecule has 0 radical (unpaired) electrons. The molecule has 0 atom stereocenters. The monoisotopic (exact) mass is 174 g/mol. The second-order valence-corrected chi connectivity index (χ2v) is 2.39. The van der Waals surface area contributed by atoms with Gasteiger partial charge in [-0.3, -0.25) is 15.0 Å². The van der Waals surface area contributed by atoms with Crippen LogP contribution in [0.1, 0.15) is 25.7 Å². The van der Waals surface area contributed by atoms with E-state index in [-0.39, 0.29) is 6.42 Å². The zero-order chi connectivity index (χ0) is 9.23. The Kier molecular flexibility index (Phi) is 7.27. The van der Waals surface area contributed by atoms with E-state index < -0.39 is 5.97 Å². The molecule has 5 heteroatoms. The smallest absolute Gasteiger partial charge is 0.303 e. The third kappa shape index (κ3) is 8.90. The van der Waals surface area contributed by atoms with Crippen LogP contribution < -0.4 is 10.9 Å². The number of amides is 1. The lowest BCUT2D eigenvalue weighted by atomic mass is 10.2. The van der Waals surface area contributed by atoms with Gasteiger partial charge in [0.1, 0.15) is 0 Å². The molecular formula is C7H14N2O3. The average molecular weight is 174 g/mol. The lowest BCUT2D eigenvalue weighted by Gasteiger charge is -2.00. The van der Waals surface area contributed by atoms with E-state index in [4.69, 9.17) is 5.11 Å². The molecule has 0 rings (SSSR count). The van der Waals surface area contributed by atoms with Crippen molar-refractivity contribution in [1.82, 2.24) is 10.9 Å². The van der Waals surface area contributed by atoms with Gasteiger partial charge in [-0.1, -0.05) is 6.42 Å². The Labute approximate surface area is 71.1 Å². The number of carboxylic acid groups (broad SMARTS) is 1. The van der Waals surface area contributed by atoms with Crippen LogP contribution in [0.3, 0.4) is 0 Å². The Morgan fingerprint density at radius 3 is 2.67 bits per heavy atom. The van der Waals surface area contributed by atoms with E-state index in [0.717, 1.165) is 12.8 Å². The van der Waals surface area contributed by atoms with E-state index in [1.807, 2.05) is 0 Å². The lowest BCUT2D eigenvalue weighted by Crippen LogP contribution is -2.30. The van der Waals surface area contributed by atoms with Gasteiger partial charge in [0.05, 0.1) is 0 Å². The van der Waals surface area contributed by atoms with Crippen molar-refractivity contribution in [3.8, 4) is 0 Å². The first kappa shape index (κ1) is 10.9. The normalized spacial score (nSPS) is 9.33. The summed E-state index contributed by atoms with van der Waals surface area (Å²) in [5.41, 5.74) is 4.96. The highest BCUT2D eigenvalue weighted by Gasteiger charge is 1.95. The van der Waals surface area contributed by atoms with Crippen LogP contribution in [0.4, 0.5) is 0 Å². The third-order valence-corrected chi connectivity index (χ3v) is 1.35. The summed E-state index contributed by atoms with van der Waals surface area (Å²) < 4.78 is 0. The fraction of sp³-hybridized carbons (Fsp3) is 0.714. The van der Waals surface area contributed by atoms with Gasteiger partial charge in [-0.05, 0) is 12.8 Å². The van der Waals surface area contributed by atoms with E-state index in [0.29, 0.717) is 19.4 Å². The van der Waals surface area contributed by atoms with Crippen molar-refractivity contribution < 1.29 is 14.7 Å². The molecule has 0 aliphatic heterocycles. The standard InChI is InChI=1S/C7H14N2O3/c10-6-9-8-5-3-1-2-4-7(11)12/h6,8H,1-5H2,(H,9,10)(H,11,12). The summed E-state index contributed by atoms with van der Waals surface area (Å²) in [7, 11) is 0. The summed E-state index contributed by atoms with van der Waals surface area (Å²) in [6.07, 6.45) is 3.21. The summed E-state index contributed by atoms with van der Waals surface area (Å²) in [5.74, 6) is -0.756. The zero-order valence-corrected chi connectivity index (χ0v) is 6.88. The van der Waals surface area contributed by atoms with Crippen LogP contribution in [-0.4, -0.2) is 24.0 Å². The van der Waals surface area contributed by atoms with Gasteiger partial charge in [0.15, 0.2) is 0 Å². The minimum Gasteiger partial charge on any atom is -0.481 e. The number of carbonyl (C=O) groups is 2. The molecule has 0 heterocycles. The van der Waals surface area contributed by atoms with E-state index in [9.17, 15) is 9.59 Å². The molecule has 5 nitrogen and oxygen atoms in total. The average Bonchev–Trinajstić information content (AvgIpc) is 2.02. The number of rotatable bonds is 8. The van der Waals surface area contributed by atoms with Crippen molar-refractivity contribution in [2.24, 2.45) is 0 Å². The molecule has 0 aromatic heterocycles. The fourth-order valence-corrected chi connectivity index (χ4v) is 0.780. The van der Waals surface area contributed by atoms with E-state index >= 15 is 0 Å². The first-order valence-electron chi connectivity index (χ1n) is 3.91. The van der Waals surface area contributed by atoms with Gasteiger partial charge in [-0.2, -0.15) is 0 Å². The summed E-state index contributed by atoms with van der Waals surface area (Å²) >= 11 is 0. The Bertz CT molecular complexity index is 139.